The third kappa shape index (κ3) is 0.895. The van der Waals surface area contributed by atoms with Crippen LogP contribution in [0.3, 0.4) is 0 Å². The third-order valence-corrected chi connectivity index (χ3v) is 2.32. The number of benzene rings is 1. The minimum absolute atomic E-state index is 0.436. The summed E-state index contributed by atoms with van der Waals surface area (Å²) in [4.78, 5) is 4.01. The maximum atomic E-state index is 7.46. The minimum atomic E-state index is 0.436. The second-order valence-electron chi connectivity index (χ2n) is 1.85. The Hall–Kier alpha value is -0.600. The van der Waals surface area contributed by atoms with Crippen molar-refractivity contribution in [3.8, 4) is 0 Å². The molecular weight excluding hydrogens is 166 g/mol. The van der Waals surface area contributed by atoms with Gasteiger partial charge in [-0.2, -0.15) is 0 Å². The fourth-order valence-corrected chi connectivity index (χ4v) is 1.78. The molecule has 0 radical (unpaired) electrons. The zero-order valence-electron chi connectivity index (χ0n) is 5.97. The highest BCUT2D eigenvalue weighted by molar-refractivity contribution is 7.22. The number of hydrogen-bond donors (Lipinski definition) is 0. The number of rotatable bonds is 0. The molecule has 0 saturated heterocycles. The summed E-state index contributed by atoms with van der Waals surface area (Å²) in [5.41, 5.74) is 0.697. The molecule has 0 atom stereocenters. The molecular formula is C7H4ClNS. The van der Waals surface area contributed by atoms with E-state index in [1.807, 2.05) is 12.1 Å². The van der Waals surface area contributed by atoms with Crippen LogP contribution in [0, 0.1) is 0 Å². The molecule has 50 valence electrons. The van der Waals surface area contributed by atoms with Crippen LogP contribution in [0.4, 0.5) is 0 Å². The van der Waals surface area contributed by atoms with Gasteiger partial charge in [0.1, 0.15) is 0 Å². The molecule has 0 aliphatic carbocycles. The predicted octanol–water partition coefficient (Wildman–Crippen LogP) is 2.95. The van der Waals surface area contributed by atoms with Gasteiger partial charge in [0.25, 0.3) is 0 Å². The Morgan fingerprint density at radius 2 is 2.50 bits per heavy atom. The molecule has 1 aromatic heterocycles. The Morgan fingerprint density at radius 3 is 3.30 bits per heavy atom. The largest absolute Gasteiger partial charge is 0.225 e. The van der Waals surface area contributed by atoms with Gasteiger partial charge < -0.3 is 0 Å². The second-order valence-corrected chi connectivity index (χ2v) is 3.46. The van der Waals surface area contributed by atoms with E-state index in [0.29, 0.717) is 16.0 Å². The average Bonchev–Trinajstić information content (AvgIpc) is 2.31. The quantitative estimate of drug-likeness (QED) is 0.593. The van der Waals surface area contributed by atoms with Gasteiger partial charge in [-0.05, 0) is 12.1 Å². The van der Waals surface area contributed by atoms with E-state index in [9.17, 15) is 0 Å². The molecule has 0 aliphatic rings. The molecule has 1 aromatic carbocycles. The lowest BCUT2D eigenvalue weighted by atomic mass is 10.3. The Balaban J connectivity index is 2.90. The molecule has 2 aromatic rings. The first kappa shape index (κ1) is 5.10. The number of hydrogen-bond acceptors (Lipinski definition) is 2. The highest BCUT2D eigenvalue weighted by atomic mass is 35.5. The van der Waals surface area contributed by atoms with Gasteiger partial charge in [0.15, 0.2) is 4.47 Å². The van der Waals surface area contributed by atoms with Crippen molar-refractivity contribution in [1.82, 2.24) is 4.98 Å². The van der Waals surface area contributed by atoms with Gasteiger partial charge in [-0.3, -0.25) is 0 Å². The van der Waals surface area contributed by atoms with Gasteiger partial charge >= 0.3 is 0 Å². The monoisotopic (exact) mass is 170 g/mol. The van der Waals surface area contributed by atoms with E-state index in [1.54, 1.807) is 6.07 Å². The van der Waals surface area contributed by atoms with Crippen LogP contribution in [0.25, 0.3) is 10.2 Å². The number of aromatic nitrogens is 1. The van der Waals surface area contributed by atoms with Gasteiger partial charge in [0.2, 0.25) is 0 Å². The van der Waals surface area contributed by atoms with Crippen LogP contribution in [0.1, 0.15) is 1.37 Å². The number of para-hydroxylation sites is 1. The Kier molecular flexibility index (Phi) is 1.13. The van der Waals surface area contributed by atoms with E-state index in [4.69, 9.17) is 13.0 Å². The standard InChI is InChI=1S/C7H4ClNS/c8-7-9-5-3-1-2-4-6(5)10-7/h1-4H/i3D. The highest BCUT2D eigenvalue weighted by Gasteiger charge is 1.97. The van der Waals surface area contributed by atoms with Crippen LogP contribution < -0.4 is 0 Å². The molecule has 0 saturated carbocycles. The first-order chi connectivity index (χ1) is 5.27. The summed E-state index contributed by atoms with van der Waals surface area (Å²) in [5.74, 6) is 0. The van der Waals surface area contributed by atoms with Crippen LogP contribution in [0.15, 0.2) is 24.2 Å². The van der Waals surface area contributed by atoms with Crippen molar-refractivity contribution < 1.29 is 1.37 Å². The van der Waals surface area contributed by atoms with Crippen LogP contribution in [0.2, 0.25) is 4.47 Å². The summed E-state index contributed by atoms with van der Waals surface area (Å²) in [7, 11) is 0. The van der Waals surface area contributed by atoms with E-state index >= 15 is 0 Å². The first-order valence-electron chi connectivity index (χ1n) is 3.29. The van der Waals surface area contributed by atoms with Crippen LogP contribution in [-0.4, -0.2) is 4.98 Å². The molecule has 0 aliphatic heterocycles. The van der Waals surface area contributed by atoms with E-state index in [2.05, 4.69) is 4.98 Å². The van der Waals surface area contributed by atoms with Crippen LogP contribution in [-0.2, 0) is 0 Å². The topological polar surface area (TPSA) is 12.9 Å². The average molecular weight is 171 g/mol. The van der Waals surface area contributed by atoms with Crippen molar-refractivity contribution in [2.45, 2.75) is 0 Å². The van der Waals surface area contributed by atoms with Crippen molar-refractivity contribution in [3.63, 3.8) is 0 Å². The highest BCUT2D eigenvalue weighted by Crippen LogP contribution is 2.24. The smallest absolute Gasteiger partial charge is 0.184 e. The van der Waals surface area contributed by atoms with Crippen molar-refractivity contribution >= 4 is 33.2 Å². The molecule has 0 unspecified atom stereocenters. The van der Waals surface area contributed by atoms with Gasteiger partial charge in [-0.1, -0.05) is 23.7 Å². The molecule has 0 amide bonds. The van der Waals surface area contributed by atoms with Gasteiger partial charge in [0.05, 0.1) is 11.6 Å². The lowest BCUT2D eigenvalue weighted by molar-refractivity contribution is 1.50. The summed E-state index contributed by atoms with van der Waals surface area (Å²) in [6.07, 6.45) is 0. The van der Waals surface area contributed by atoms with Gasteiger partial charge in [-0.15, -0.1) is 11.3 Å². The number of halogens is 1. The Bertz CT molecular complexity index is 398. The van der Waals surface area contributed by atoms with E-state index < -0.39 is 0 Å². The summed E-state index contributed by atoms with van der Waals surface area (Å²) < 4.78 is 8.94. The lowest BCUT2D eigenvalue weighted by Crippen LogP contribution is -1.62. The van der Waals surface area contributed by atoms with Crippen molar-refractivity contribution in [2.24, 2.45) is 0 Å². The van der Waals surface area contributed by atoms with Crippen molar-refractivity contribution in [1.29, 1.82) is 0 Å². The number of nitrogens with zero attached hydrogens (tertiary/aromatic N) is 1. The fourth-order valence-electron chi connectivity index (χ4n) is 0.784. The zero-order chi connectivity index (χ0) is 7.84. The number of thiazole rings is 1. The lowest BCUT2D eigenvalue weighted by Gasteiger charge is -1.80. The molecule has 3 heteroatoms. The zero-order valence-corrected chi connectivity index (χ0v) is 6.54. The summed E-state index contributed by atoms with van der Waals surface area (Å²) in [6, 6.07) is 5.89. The Morgan fingerprint density at radius 1 is 1.60 bits per heavy atom. The van der Waals surface area contributed by atoms with Gasteiger partial charge in [-0.25, -0.2) is 4.98 Å². The van der Waals surface area contributed by atoms with Crippen LogP contribution >= 0.6 is 22.9 Å². The SMILES string of the molecule is [2H]c1cccc2sc(Cl)nc12. The molecule has 0 fully saturated rings. The third-order valence-electron chi connectivity index (χ3n) is 1.19. The predicted molar refractivity (Wildman–Crippen MR) is 44.6 cm³/mol. The fraction of sp³-hybridized carbons (Fsp3) is 0. The van der Waals surface area contributed by atoms with Crippen LogP contribution in [0.5, 0.6) is 0 Å². The maximum absolute atomic E-state index is 7.46. The normalized spacial score (nSPS) is 11.9. The minimum Gasteiger partial charge on any atom is -0.225 e. The Labute approximate surface area is 68.7 Å². The molecule has 2 rings (SSSR count). The molecule has 10 heavy (non-hydrogen) atoms. The summed E-state index contributed by atoms with van der Waals surface area (Å²) in [6.45, 7) is 0. The number of fused-ring (bicyclic) bond motifs is 1. The van der Waals surface area contributed by atoms with E-state index in [-0.39, 0.29) is 0 Å². The maximum Gasteiger partial charge on any atom is 0.184 e. The molecule has 1 nitrogen and oxygen atoms in total. The van der Waals surface area contributed by atoms with E-state index in [0.717, 1.165) is 4.70 Å². The summed E-state index contributed by atoms with van der Waals surface area (Å²) >= 11 is 7.08. The van der Waals surface area contributed by atoms with E-state index in [1.165, 1.54) is 11.3 Å². The summed E-state index contributed by atoms with van der Waals surface area (Å²) in [5, 5.41) is 0. The first-order valence-corrected chi connectivity index (χ1v) is 3.98. The molecule has 0 spiro atoms. The molecule has 0 N–H and O–H groups in total. The molecule has 1 heterocycles. The second kappa shape index (κ2) is 2.22. The van der Waals surface area contributed by atoms with Gasteiger partial charge in [0, 0.05) is 0 Å². The van der Waals surface area contributed by atoms with Crippen molar-refractivity contribution in [2.75, 3.05) is 0 Å². The van der Waals surface area contributed by atoms with Crippen molar-refractivity contribution in [3.05, 3.63) is 28.7 Å². The molecule has 0 bridgehead atoms.